The first-order chi connectivity index (χ1) is 41.5. The van der Waals surface area contributed by atoms with Crippen LogP contribution in [0.15, 0.2) is 60.7 Å². The lowest BCUT2D eigenvalue weighted by molar-refractivity contribution is -0.144. The van der Waals surface area contributed by atoms with Crippen LogP contribution in [0.4, 0.5) is 0 Å². The smallest absolute Gasteiger partial charge is 0.305 e. The van der Waals surface area contributed by atoms with E-state index in [4.69, 9.17) is 27.7 Å². The molecule has 7 heterocycles. The number of thiophene rings is 6. The summed E-state index contributed by atoms with van der Waals surface area (Å²) in [6, 6.07) is 23.3. The maximum Gasteiger partial charge on any atom is 0.305 e. The van der Waals surface area contributed by atoms with Gasteiger partial charge in [0.1, 0.15) is 11.0 Å². The third kappa shape index (κ3) is 19.3. The van der Waals surface area contributed by atoms with Crippen molar-refractivity contribution in [2.24, 2.45) is 0 Å². The van der Waals surface area contributed by atoms with Gasteiger partial charge in [-0.1, -0.05) is 63.5 Å². The number of aryl methyl sites for hydroxylation is 6. The molecule has 0 aliphatic carbocycles. The maximum atomic E-state index is 12.2. The molecule has 17 heteroatoms. The van der Waals surface area contributed by atoms with Gasteiger partial charge in [0.2, 0.25) is 0 Å². The Kier molecular flexibility index (Phi) is 26.9. The molecule has 456 valence electrons. The fraction of sp³-hybridized carbons (Fsp3) is 0.500. The Balaban J connectivity index is 1.13. The minimum Gasteiger partial charge on any atom is -0.466 e. The Morgan fingerprint density at radius 2 is 0.624 bits per heavy atom. The zero-order valence-electron chi connectivity index (χ0n) is 50.6. The van der Waals surface area contributed by atoms with Gasteiger partial charge in [0.15, 0.2) is 0 Å². The zero-order chi connectivity index (χ0) is 59.9. The molecule has 0 spiro atoms. The Hall–Kier alpha value is -4.88. The predicted molar refractivity (Wildman–Crippen MR) is 360 cm³/mol. The summed E-state index contributed by atoms with van der Waals surface area (Å²) in [6.07, 6.45) is 21.3. The number of carbonyl (C=O) groups excluding carboxylic acids is 4. The SMILES string of the molecule is CCOC(=O)CCCCCCCc1cc(-c2ccc(-c3cc(CCCCCCCC(=O)OCC)c(-c4sc(-c5ccc(C)s5)cc4CCCCCC(=O)OCC)s3)c3nsnc23)sc1-c1sc(-c2ccc(C)s2)cc1CCCCCC(=O)OCC. The molecule has 85 heavy (non-hydrogen) atoms. The normalized spacial score (nSPS) is 11.5. The van der Waals surface area contributed by atoms with Crippen molar-refractivity contribution in [2.45, 2.75) is 196 Å². The molecule has 0 aliphatic rings. The molecule has 0 amide bonds. The third-order valence-electron chi connectivity index (χ3n) is 15.1. The molecule has 1 aromatic carbocycles. The number of unbranched alkanes of at least 4 members (excludes halogenated alkanes) is 12. The fourth-order valence-corrected chi connectivity index (χ4v) is 18.6. The summed E-state index contributed by atoms with van der Waals surface area (Å²) in [5.74, 6) is -0.448. The summed E-state index contributed by atoms with van der Waals surface area (Å²) < 4.78 is 31.1. The number of nitrogens with zero attached hydrogens (tertiary/aromatic N) is 2. The van der Waals surface area contributed by atoms with Gasteiger partial charge in [0, 0.05) is 95.3 Å². The van der Waals surface area contributed by atoms with Gasteiger partial charge in [-0.25, -0.2) is 0 Å². The fourth-order valence-electron chi connectivity index (χ4n) is 10.8. The van der Waals surface area contributed by atoms with Crippen LogP contribution in [0.3, 0.4) is 0 Å². The first kappa shape index (κ1) is 66.1. The summed E-state index contributed by atoms with van der Waals surface area (Å²) in [6.45, 7) is 13.5. The Morgan fingerprint density at radius 1 is 0.341 bits per heavy atom. The monoisotopic (exact) mass is 1280 g/mol. The molecule has 8 rings (SSSR count). The molecule has 0 radical (unpaired) electrons. The van der Waals surface area contributed by atoms with E-state index in [2.05, 4.69) is 74.5 Å². The number of carbonyl (C=O) groups is 4. The quantitative estimate of drug-likeness (QED) is 0.0209. The zero-order valence-corrected chi connectivity index (χ0v) is 56.3. The highest BCUT2D eigenvalue weighted by atomic mass is 32.1. The van der Waals surface area contributed by atoms with Crippen LogP contribution in [0.2, 0.25) is 0 Å². The Labute approximate surface area is 532 Å². The van der Waals surface area contributed by atoms with Crippen molar-refractivity contribution >= 4 is 115 Å². The molecule has 0 saturated heterocycles. The van der Waals surface area contributed by atoms with Crippen molar-refractivity contribution in [1.82, 2.24) is 8.75 Å². The van der Waals surface area contributed by atoms with E-state index in [0.29, 0.717) is 52.1 Å². The minimum absolute atomic E-state index is 0.106. The van der Waals surface area contributed by atoms with Crippen molar-refractivity contribution in [3.05, 3.63) is 92.7 Å². The van der Waals surface area contributed by atoms with E-state index in [1.54, 1.807) is 0 Å². The molecular weight excluding hydrogens is 1200 g/mol. The summed E-state index contributed by atoms with van der Waals surface area (Å²) in [5, 5.41) is 0. The van der Waals surface area contributed by atoms with Gasteiger partial charge in [-0.2, -0.15) is 8.75 Å². The average Bonchev–Trinajstić information content (AvgIpc) is 4.28. The van der Waals surface area contributed by atoms with E-state index in [1.807, 2.05) is 95.7 Å². The molecule has 0 aliphatic heterocycles. The van der Waals surface area contributed by atoms with E-state index in [0.717, 1.165) is 151 Å². The number of hydrogen-bond donors (Lipinski definition) is 0. The van der Waals surface area contributed by atoms with Gasteiger partial charge in [-0.05, 0) is 189 Å². The molecular formula is C68H84N2O8S7. The topological polar surface area (TPSA) is 131 Å². The van der Waals surface area contributed by atoms with Crippen LogP contribution in [-0.2, 0) is 63.8 Å². The van der Waals surface area contributed by atoms with Crippen molar-refractivity contribution in [3.63, 3.8) is 0 Å². The summed E-state index contributed by atoms with van der Waals surface area (Å²) >= 11 is 12.6. The van der Waals surface area contributed by atoms with E-state index >= 15 is 0 Å². The standard InChI is InChI=1S/C68H84N2O8S7/c1-7-75-59(71)31-23-15-11-13-19-27-47-41-55(81-65(47)67-49(29-21-17-25-33-61(73)77-9-3)43-57(83-67)53-39-35-45(5)79-53)51-37-38-52(64-63(51)69-85-70-64)56-42-48(28-20-14-12-16-24-32-60(72)76-8-2)66(82-56)68-50(30-22-18-26-34-62(74)78-10-4)44-58(84-68)54-40-36-46(6)80-54/h35-44H,7-34H2,1-6H3. The Bertz CT molecular complexity index is 3180. The largest absolute Gasteiger partial charge is 0.466 e. The first-order valence-corrected chi connectivity index (χ1v) is 36.6. The highest BCUT2D eigenvalue weighted by molar-refractivity contribution is 7.28. The lowest BCUT2D eigenvalue weighted by atomic mass is 10.00. The van der Waals surface area contributed by atoms with Gasteiger partial charge in [0.25, 0.3) is 0 Å². The molecule has 0 atom stereocenters. The molecule has 7 aromatic heterocycles. The van der Waals surface area contributed by atoms with Crippen LogP contribution in [0.5, 0.6) is 0 Å². The number of fused-ring (bicyclic) bond motifs is 1. The maximum absolute atomic E-state index is 12.2. The van der Waals surface area contributed by atoms with Crippen LogP contribution in [0.1, 0.15) is 188 Å². The van der Waals surface area contributed by atoms with Gasteiger partial charge in [-0.15, -0.1) is 68.0 Å². The van der Waals surface area contributed by atoms with Crippen LogP contribution < -0.4 is 0 Å². The van der Waals surface area contributed by atoms with Gasteiger partial charge in [0.05, 0.1) is 38.2 Å². The number of rotatable bonds is 38. The lowest BCUT2D eigenvalue weighted by Gasteiger charge is -2.07. The van der Waals surface area contributed by atoms with Crippen LogP contribution >= 0.6 is 79.7 Å². The van der Waals surface area contributed by atoms with Crippen LogP contribution in [-0.4, -0.2) is 59.1 Å². The van der Waals surface area contributed by atoms with E-state index in [-0.39, 0.29) is 23.9 Å². The second-order valence-corrected chi connectivity index (χ2v) is 29.0. The van der Waals surface area contributed by atoms with Crippen molar-refractivity contribution in [2.75, 3.05) is 26.4 Å². The summed E-state index contributed by atoms with van der Waals surface area (Å²) in [5.41, 5.74) is 9.53. The number of aromatic nitrogens is 2. The second kappa shape index (κ2) is 34.6. The average molecular weight is 1280 g/mol. The van der Waals surface area contributed by atoms with Crippen LogP contribution in [0.25, 0.3) is 70.9 Å². The number of esters is 4. The predicted octanol–water partition coefficient (Wildman–Crippen LogP) is 20.9. The first-order valence-electron chi connectivity index (χ1n) is 31.0. The van der Waals surface area contributed by atoms with Gasteiger partial charge >= 0.3 is 23.9 Å². The highest BCUT2D eigenvalue weighted by Crippen LogP contribution is 2.51. The number of hydrogen-bond acceptors (Lipinski definition) is 17. The number of benzene rings is 1. The molecule has 10 nitrogen and oxygen atoms in total. The molecule has 0 bridgehead atoms. The third-order valence-corrected chi connectivity index (χ3v) is 23.1. The van der Waals surface area contributed by atoms with Crippen molar-refractivity contribution in [1.29, 1.82) is 0 Å². The molecule has 0 N–H and O–H groups in total. The molecule has 0 saturated carbocycles. The summed E-state index contributed by atoms with van der Waals surface area (Å²) in [7, 11) is 0. The van der Waals surface area contributed by atoms with Gasteiger partial charge in [-0.3, -0.25) is 19.2 Å². The second-order valence-electron chi connectivity index (χ2n) is 21.7. The summed E-state index contributed by atoms with van der Waals surface area (Å²) in [4.78, 5) is 64.1. The molecule has 0 unspecified atom stereocenters. The van der Waals surface area contributed by atoms with E-state index < -0.39 is 0 Å². The molecule has 0 fully saturated rings. The highest BCUT2D eigenvalue weighted by Gasteiger charge is 2.25. The van der Waals surface area contributed by atoms with E-state index in [9.17, 15) is 19.2 Å². The van der Waals surface area contributed by atoms with Crippen molar-refractivity contribution < 1.29 is 38.1 Å². The van der Waals surface area contributed by atoms with Crippen molar-refractivity contribution in [3.8, 4) is 59.9 Å². The van der Waals surface area contributed by atoms with Crippen LogP contribution in [0, 0.1) is 13.8 Å². The Morgan fingerprint density at radius 3 is 0.929 bits per heavy atom. The van der Waals surface area contributed by atoms with Gasteiger partial charge < -0.3 is 18.9 Å². The molecule has 8 aromatic rings. The lowest BCUT2D eigenvalue weighted by Crippen LogP contribution is -2.03. The number of ether oxygens (including phenoxy) is 4. The van der Waals surface area contributed by atoms with E-state index in [1.165, 1.54) is 92.5 Å². The minimum atomic E-state index is -0.117.